The van der Waals surface area contributed by atoms with Crippen LogP contribution in [0.3, 0.4) is 0 Å². The Kier molecular flexibility index (Phi) is 5.69. The standard InChI is InChI=1S/C17H21NO4/c19-15(20)11-5-3-1-2-4-8-12-18-16(21)13-9-6-7-10-14(13)17(18)22/h6-7,9-10H,1-5,8,11-12H2,(H,19,20). The summed E-state index contributed by atoms with van der Waals surface area (Å²) >= 11 is 0. The fourth-order valence-corrected chi connectivity index (χ4v) is 2.70. The Hall–Kier alpha value is -2.17. The second-order valence-corrected chi connectivity index (χ2v) is 5.57. The molecule has 1 N–H and O–H groups in total. The van der Waals surface area contributed by atoms with Crippen molar-refractivity contribution in [3.63, 3.8) is 0 Å². The molecule has 2 rings (SSSR count). The molecule has 1 aromatic carbocycles. The van der Waals surface area contributed by atoms with Crippen molar-refractivity contribution in [2.45, 2.75) is 44.9 Å². The third-order valence-corrected chi connectivity index (χ3v) is 3.90. The number of hydrogen-bond acceptors (Lipinski definition) is 3. The van der Waals surface area contributed by atoms with Crippen molar-refractivity contribution in [2.24, 2.45) is 0 Å². The summed E-state index contributed by atoms with van der Waals surface area (Å²) in [5.41, 5.74) is 1.00. The van der Waals surface area contributed by atoms with Crippen LogP contribution in [0.4, 0.5) is 0 Å². The zero-order valence-electron chi connectivity index (χ0n) is 12.6. The van der Waals surface area contributed by atoms with Crippen LogP contribution in [-0.4, -0.2) is 34.3 Å². The molecule has 2 amide bonds. The lowest BCUT2D eigenvalue weighted by Crippen LogP contribution is -2.30. The number of amides is 2. The summed E-state index contributed by atoms with van der Waals surface area (Å²) in [4.78, 5) is 35.9. The number of unbranched alkanes of at least 4 members (excludes halogenated alkanes) is 5. The minimum absolute atomic E-state index is 0.193. The van der Waals surface area contributed by atoms with Gasteiger partial charge in [0.15, 0.2) is 0 Å². The first-order chi connectivity index (χ1) is 10.6. The average molecular weight is 303 g/mol. The molecule has 22 heavy (non-hydrogen) atoms. The molecular weight excluding hydrogens is 282 g/mol. The zero-order chi connectivity index (χ0) is 15.9. The van der Waals surface area contributed by atoms with Crippen LogP contribution in [0.2, 0.25) is 0 Å². The van der Waals surface area contributed by atoms with Crippen LogP contribution in [0.5, 0.6) is 0 Å². The molecule has 5 nitrogen and oxygen atoms in total. The van der Waals surface area contributed by atoms with Gasteiger partial charge in [-0.3, -0.25) is 19.3 Å². The van der Waals surface area contributed by atoms with E-state index in [1.165, 1.54) is 4.90 Å². The molecule has 118 valence electrons. The molecule has 0 radical (unpaired) electrons. The van der Waals surface area contributed by atoms with E-state index in [1.54, 1.807) is 24.3 Å². The second kappa shape index (κ2) is 7.73. The number of imide groups is 1. The number of aliphatic carboxylic acids is 1. The van der Waals surface area contributed by atoms with E-state index in [0.29, 0.717) is 24.1 Å². The van der Waals surface area contributed by atoms with E-state index in [1.807, 2.05) is 0 Å². The highest BCUT2D eigenvalue weighted by Crippen LogP contribution is 2.22. The maximum atomic E-state index is 12.1. The van der Waals surface area contributed by atoms with Gasteiger partial charge in [-0.05, 0) is 25.0 Å². The number of carboxylic acid groups (broad SMARTS) is 1. The van der Waals surface area contributed by atoms with Crippen molar-refractivity contribution in [3.05, 3.63) is 35.4 Å². The predicted molar refractivity (Wildman–Crippen MR) is 81.8 cm³/mol. The van der Waals surface area contributed by atoms with Gasteiger partial charge in [0.25, 0.3) is 11.8 Å². The SMILES string of the molecule is O=C(O)CCCCCCCCN1C(=O)c2ccccc2C1=O. The first kappa shape index (κ1) is 16.2. The van der Waals surface area contributed by atoms with Crippen molar-refractivity contribution in [1.29, 1.82) is 0 Å². The summed E-state index contributed by atoms with van der Waals surface area (Å²) < 4.78 is 0. The Labute approximate surface area is 129 Å². The van der Waals surface area contributed by atoms with E-state index < -0.39 is 5.97 Å². The van der Waals surface area contributed by atoms with Gasteiger partial charge in [-0.1, -0.05) is 37.8 Å². The summed E-state index contributed by atoms with van der Waals surface area (Å²) in [5, 5.41) is 8.53. The fourth-order valence-electron chi connectivity index (χ4n) is 2.70. The minimum Gasteiger partial charge on any atom is -0.481 e. The first-order valence-electron chi connectivity index (χ1n) is 7.78. The van der Waals surface area contributed by atoms with Crippen molar-refractivity contribution >= 4 is 17.8 Å². The van der Waals surface area contributed by atoms with Crippen molar-refractivity contribution in [1.82, 2.24) is 4.90 Å². The molecule has 0 saturated heterocycles. The van der Waals surface area contributed by atoms with Gasteiger partial charge >= 0.3 is 5.97 Å². The number of hydrogen-bond donors (Lipinski definition) is 1. The maximum absolute atomic E-state index is 12.1. The van der Waals surface area contributed by atoms with Crippen LogP contribution < -0.4 is 0 Å². The van der Waals surface area contributed by atoms with Crippen LogP contribution in [0, 0.1) is 0 Å². The zero-order valence-corrected chi connectivity index (χ0v) is 12.6. The normalized spacial score (nSPS) is 13.5. The lowest BCUT2D eigenvalue weighted by atomic mass is 10.1. The highest BCUT2D eigenvalue weighted by Gasteiger charge is 2.34. The van der Waals surface area contributed by atoms with E-state index in [4.69, 9.17) is 5.11 Å². The molecule has 1 heterocycles. The summed E-state index contributed by atoms with van der Waals surface area (Å²) in [6.07, 6.45) is 5.60. The van der Waals surface area contributed by atoms with Gasteiger partial charge in [-0.25, -0.2) is 0 Å². The molecule has 0 atom stereocenters. The van der Waals surface area contributed by atoms with Crippen molar-refractivity contribution < 1.29 is 19.5 Å². The summed E-state index contributed by atoms with van der Waals surface area (Å²) in [7, 11) is 0. The number of carbonyl (C=O) groups excluding carboxylic acids is 2. The Morgan fingerprint density at radius 2 is 1.36 bits per heavy atom. The monoisotopic (exact) mass is 303 g/mol. The van der Waals surface area contributed by atoms with Gasteiger partial charge in [0, 0.05) is 13.0 Å². The van der Waals surface area contributed by atoms with Crippen LogP contribution in [-0.2, 0) is 4.79 Å². The van der Waals surface area contributed by atoms with Gasteiger partial charge < -0.3 is 5.11 Å². The van der Waals surface area contributed by atoms with E-state index in [2.05, 4.69) is 0 Å². The summed E-state index contributed by atoms with van der Waals surface area (Å²) in [6, 6.07) is 6.92. The van der Waals surface area contributed by atoms with E-state index in [9.17, 15) is 14.4 Å². The Balaban J connectivity index is 1.65. The highest BCUT2D eigenvalue weighted by molar-refractivity contribution is 6.21. The van der Waals surface area contributed by atoms with Gasteiger partial charge in [-0.15, -0.1) is 0 Å². The molecule has 0 unspecified atom stereocenters. The Bertz CT molecular complexity index is 533. The molecule has 0 aromatic heterocycles. The van der Waals surface area contributed by atoms with Crippen LogP contribution >= 0.6 is 0 Å². The lowest BCUT2D eigenvalue weighted by molar-refractivity contribution is -0.137. The molecule has 5 heteroatoms. The molecule has 0 spiro atoms. The molecule has 1 aliphatic heterocycles. The third-order valence-electron chi connectivity index (χ3n) is 3.90. The third kappa shape index (κ3) is 3.93. The van der Waals surface area contributed by atoms with Crippen LogP contribution in [0.1, 0.15) is 65.7 Å². The van der Waals surface area contributed by atoms with Crippen LogP contribution in [0.15, 0.2) is 24.3 Å². The number of benzene rings is 1. The molecule has 0 saturated carbocycles. The minimum atomic E-state index is -0.745. The topological polar surface area (TPSA) is 74.7 Å². The van der Waals surface area contributed by atoms with Gasteiger partial charge in [0.1, 0.15) is 0 Å². The summed E-state index contributed by atoms with van der Waals surface area (Å²) in [5.74, 6) is -1.13. The molecule has 1 aliphatic rings. The van der Waals surface area contributed by atoms with Gasteiger partial charge in [0.2, 0.25) is 0 Å². The van der Waals surface area contributed by atoms with E-state index >= 15 is 0 Å². The quantitative estimate of drug-likeness (QED) is 0.562. The number of nitrogens with zero attached hydrogens (tertiary/aromatic N) is 1. The fraction of sp³-hybridized carbons (Fsp3) is 0.471. The first-order valence-corrected chi connectivity index (χ1v) is 7.78. The highest BCUT2D eigenvalue weighted by atomic mass is 16.4. The Morgan fingerprint density at radius 3 is 1.91 bits per heavy atom. The van der Waals surface area contributed by atoms with E-state index in [-0.39, 0.29) is 18.2 Å². The number of carboxylic acids is 1. The summed E-state index contributed by atoms with van der Waals surface area (Å²) in [6.45, 7) is 0.460. The number of carbonyl (C=O) groups is 3. The van der Waals surface area contributed by atoms with Crippen molar-refractivity contribution in [2.75, 3.05) is 6.54 Å². The second-order valence-electron chi connectivity index (χ2n) is 5.57. The van der Waals surface area contributed by atoms with Gasteiger partial charge in [0.05, 0.1) is 11.1 Å². The Morgan fingerprint density at radius 1 is 0.864 bits per heavy atom. The maximum Gasteiger partial charge on any atom is 0.303 e. The largest absolute Gasteiger partial charge is 0.481 e. The van der Waals surface area contributed by atoms with Gasteiger partial charge in [-0.2, -0.15) is 0 Å². The smallest absolute Gasteiger partial charge is 0.303 e. The molecule has 0 aliphatic carbocycles. The molecule has 0 fully saturated rings. The number of rotatable bonds is 9. The molecule has 1 aromatic rings. The lowest BCUT2D eigenvalue weighted by Gasteiger charge is -2.13. The van der Waals surface area contributed by atoms with E-state index in [0.717, 1.165) is 32.1 Å². The molecule has 0 bridgehead atoms. The molecular formula is C17H21NO4. The number of fused-ring (bicyclic) bond motifs is 1. The van der Waals surface area contributed by atoms with Crippen LogP contribution in [0.25, 0.3) is 0 Å². The average Bonchev–Trinajstić information content (AvgIpc) is 2.74. The van der Waals surface area contributed by atoms with Crippen molar-refractivity contribution in [3.8, 4) is 0 Å². The predicted octanol–water partition coefficient (Wildman–Crippen LogP) is 3.10.